The molecular formula is C15H16ClN3O3. The summed E-state index contributed by atoms with van der Waals surface area (Å²) in [5.41, 5.74) is 0.835. The largest absolute Gasteiger partial charge is 0.383 e. The Balaban J connectivity index is 2.02. The lowest BCUT2D eigenvalue weighted by Crippen LogP contribution is -2.30. The smallest absolute Gasteiger partial charge is 0.271 e. The van der Waals surface area contributed by atoms with E-state index in [1.807, 2.05) is 12.1 Å². The van der Waals surface area contributed by atoms with Gasteiger partial charge in [0.1, 0.15) is 5.69 Å². The van der Waals surface area contributed by atoms with Crippen LogP contribution in [0.4, 0.5) is 0 Å². The van der Waals surface area contributed by atoms with E-state index >= 15 is 0 Å². The predicted molar refractivity (Wildman–Crippen MR) is 83.0 cm³/mol. The van der Waals surface area contributed by atoms with E-state index in [1.54, 1.807) is 12.1 Å². The van der Waals surface area contributed by atoms with Crippen LogP contribution in [0.25, 0.3) is 0 Å². The molecule has 1 N–H and O–H groups in total. The Morgan fingerprint density at radius 3 is 2.68 bits per heavy atom. The highest BCUT2D eigenvalue weighted by molar-refractivity contribution is 6.30. The number of methoxy groups -OCH3 is 1. The molecule has 0 spiro atoms. The summed E-state index contributed by atoms with van der Waals surface area (Å²) in [6.07, 6.45) is 0. The molecule has 1 aromatic carbocycles. The van der Waals surface area contributed by atoms with E-state index < -0.39 is 0 Å². The first-order chi connectivity index (χ1) is 10.6. The van der Waals surface area contributed by atoms with Crippen LogP contribution in [0.3, 0.4) is 0 Å². The molecule has 7 heteroatoms. The molecule has 0 unspecified atom stereocenters. The van der Waals surface area contributed by atoms with Crippen molar-refractivity contribution in [2.75, 3.05) is 13.7 Å². The average Bonchev–Trinajstić information content (AvgIpc) is 2.53. The van der Waals surface area contributed by atoms with Gasteiger partial charge in [0.15, 0.2) is 0 Å². The molecular weight excluding hydrogens is 306 g/mol. The fraction of sp³-hybridized carbons (Fsp3) is 0.267. The topological polar surface area (TPSA) is 73.2 Å². The summed E-state index contributed by atoms with van der Waals surface area (Å²) in [6, 6.07) is 9.90. The zero-order valence-electron chi connectivity index (χ0n) is 12.1. The van der Waals surface area contributed by atoms with Crippen LogP contribution < -0.4 is 10.9 Å². The van der Waals surface area contributed by atoms with Crippen LogP contribution >= 0.6 is 11.6 Å². The summed E-state index contributed by atoms with van der Waals surface area (Å²) in [5, 5.41) is 7.41. The zero-order chi connectivity index (χ0) is 15.9. The lowest BCUT2D eigenvalue weighted by molar-refractivity contribution is 0.0942. The maximum atomic E-state index is 12.1. The molecule has 1 amide bonds. The normalized spacial score (nSPS) is 10.5. The van der Waals surface area contributed by atoms with Crippen LogP contribution in [0, 0.1) is 0 Å². The van der Waals surface area contributed by atoms with Gasteiger partial charge in [-0.1, -0.05) is 23.7 Å². The van der Waals surface area contributed by atoms with Gasteiger partial charge in [-0.25, -0.2) is 4.68 Å². The number of nitrogens with zero attached hydrogens (tertiary/aromatic N) is 2. The third-order valence-electron chi connectivity index (χ3n) is 2.97. The molecule has 0 radical (unpaired) electrons. The van der Waals surface area contributed by atoms with Crippen molar-refractivity contribution in [1.82, 2.24) is 15.1 Å². The molecule has 0 atom stereocenters. The van der Waals surface area contributed by atoms with Crippen LogP contribution in [-0.4, -0.2) is 29.4 Å². The van der Waals surface area contributed by atoms with Crippen molar-refractivity contribution in [3.8, 4) is 0 Å². The van der Waals surface area contributed by atoms with Gasteiger partial charge in [-0.2, -0.15) is 5.10 Å². The minimum atomic E-state index is -0.346. The Hall–Kier alpha value is -2.18. The van der Waals surface area contributed by atoms with E-state index in [4.69, 9.17) is 16.3 Å². The highest BCUT2D eigenvalue weighted by Crippen LogP contribution is 2.09. The van der Waals surface area contributed by atoms with Crippen LogP contribution in [0.5, 0.6) is 0 Å². The predicted octanol–water partition coefficient (Wildman–Crippen LogP) is 1.47. The van der Waals surface area contributed by atoms with Gasteiger partial charge in [0.2, 0.25) is 0 Å². The third kappa shape index (κ3) is 4.41. The van der Waals surface area contributed by atoms with E-state index in [9.17, 15) is 9.59 Å². The van der Waals surface area contributed by atoms with Crippen molar-refractivity contribution in [2.45, 2.75) is 13.1 Å². The molecule has 0 aliphatic rings. The number of nitrogens with one attached hydrogen (secondary N) is 1. The molecule has 2 aromatic rings. The van der Waals surface area contributed by atoms with Gasteiger partial charge in [-0.05, 0) is 23.8 Å². The molecule has 116 valence electrons. The number of amides is 1. The first kappa shape index (κ1) is 16.2. The first-order valence-electron chi connectivity index (χ1n) is 6.70. The monoisotopic (exact) mass is 321 g/mol. The molecule has 0 aliphatic carbocycles. The van der Waals surface area contributed by atoms with Crippen molar-refractivity contribution >= 4 is 17.5 Å². The minimum absolute atomic E-state index is 0.185. The second-order valence-corrected chi connectivity index (χ2v) is 5.02. The fourth-order valence-corrected chi connectivity index (χ4v) is 1.91. The Labute approximate surface area is 132 Å². The number of benzene rings is 1. The van der Waals surface area contributed by atoms with Crippen LogP contribution in [0.1, 0.15) is 16.1 Å². The second-order valence-electron chi connectivity index (χ2n) is 4.58. The van der Waals surface area contributed by atoms with E-state index in [0.29, 0.717) is 24.7 Å². The number of halogens is 1. The van der Waals surface area contributed by atoms with Crippen molar-refractivity contribution in [3.63, 3.8) is 0 Å². The number of hydrogen-bond donors (Lipinski definition) is 1. The maximum Gasteiger partial charge on any atom is 0.271 e. The molecule has 0 saturated heterocycles. The molecule has 2 rings (SSSR count). The summed E-state index contributed by atoms with van der Waals surface area (Å²) in [7, 11) is 1.54. The van der Waals surface area contributed by atoms with Gasteiger partial charge < -0.3 is 10.1 Å². The summed E-state index contributed by atoms with van der Waals surface area (Å²) >= 11 is 5.80. The second kappa shape index (κ2) is 7.72. The van der Waals surface area contributed by atoms with E-state index in [0.717, 1.165) is 5.56 Å². The number of carbonyl (C=O) groups is 1. The summed E-state index contributed by atoms with van der Waals surface area (Å²) in [5.74, 6) is -0.346. The summed E-state index contributed by atoms with van der Waals surface area (Å²) in [4.78, 5) is 23.7. The van der Waals surface area contributed by atoms with Crippen molar-refractivity contribution < 1.29 is 9.53 Å². The molecule has 1 heterocycles. The van der Waals surface area contributed by atoms with Crippen molar-refractivity contribution in [1.29, 1.82) is 0 Å². The summed E-state index contributed by atoms with van der Waals surface area (Å²) in [6.45, 7) is 1.01. The Kier molecular flexibility index (Phi) is 5.68. The first-order valence-corrected chi connectivity index (χ1v) is 7.07. The third-order valence-corrected chi connectivity index (χ3v) is 3.22. The molecule has 0 saturated carbocycles. The van der Waals surface area contributed by atoms with Crippen molar-refractivity contribution in [2.24, 2.45) is 0 Å². The molecule has 1 aromatic heterocycles. The molecule has 6 nitrogen and oxygen atoms in total. The van der Waals surface area contributed by atoms with Gasteiger partial charge in [-0.15, -0.1) is 0 Å². The van der Waals surface area contributed by atoms with E-state index in [-0.39, 0.29) is 17.2 Å². The standard InChI is InChI=1S/C15H16ClN3O3/c1-22-9-8-19-14(20)7-6-13(18-19)15(21)17-10-11-2-4-12(16)5-3-11/h2-7H,8-10H2,1H3,(H,17,21). The quantitative estimate of drug-likeness (QED) is 0.874. The lowest BCUT2D eigenvalue weighted by Gasteiger charge is -2.07. The van der Waals surface area contributed by atoms with Gasteiger partial charge in [0.25, 0.3) is 11.5 Å². The SMILES string of the molecule is COCCn1nc(C(=O)NCc2ccc(Cl)cc2)ccc1=O. The highest BCUT2D eigenvalue weighted by Gasteiger charge is 2.09. The maximum absolute atomic E-state index is 12.1. The van der Waals surface area contributed by atoms with Crippen LogP contribution in [0.2, 0.25) is 5.02 Å². The molecule has 0 bridgehead atoms. The van der Waals surface area contributed by atoms with Gasteiger partial charge >= 0.3 is 0 Å². The van der Waals surface area contributed by atoms with Crippen LogP contribution in [-0.2, 0) is 17.8 Å². The Morgan fingerprint density at radius 1 is 1.27 bits per heavy atom. The van der Waals surface area contributed by atoms with Crippen LogP contribution in [0.15, 0.2) is 41.2 Å². The number of hydrogen-bond acceptors (Lipinski definition) is 4. The average molecular weight is 322 g/mol. The molecule has 0 aliphatic heterocycles. The van der Waals surface area contributed by atoms with Gasteiger partial charge in [-0.3, -0.25) is 9.59 Å². The highest BCUT2D eigenvalue weighted by atomic mass is 35.5. The minimum Gasteiger partial charge on any atom is -0.383 e. The summed E-state index contributed by atoms with van der Waals surface area (Å²) < 4.78 is 6.11. The number of ether oxygens (including phenoxy) is 1. The Bertz CT molecular complexity index is 698. The van der Waals surface area contributed by atoms with Gasteiger partial charge in [0, 0.05) is 24.7 Å². The number of rotatable bonds is 6. The van der Waals surface area contributed by atoms with Gasteiger partial charge in [0.05, 0.1) is 13.2 Å². The number of aromatic nitrogens is 2. The fourth-order valence-electron chi connectivity index (χ4n) is 1.78. The Morgan fingerprint density at radius 2 is 2.00 bits per heavy atom. The van der Waals surface area contributed by atoms with E-state index in [1.165, 1.54) is 23.9 Å². The zero-order valence-corrected chi connectivity index (χ0v) is 12.8. The number of carbonyl (C=O) groups excluding carboxylic acids is 1. The van der Waals surface area contributed by atoms with Crippen molar-refractivity contribution in [3.05, 3.63) is 63.0 Å². The lowest BCUT2D eigenvalue weighted by atomic mass is 10.2. The molecule has 0 fully saturated rings. The van der Waals surface area contributed by atoms with E-state index in [2.05, 4.69) is 10.4 Å². The molecule has 22 heavy (non-hydrogen) atoms.